The molecule has 1 amide bonds. The van der Waals surface area contributed by atoms with Crippen LogP contribution in [0.5, 0.6) is 0 Å². The third-order valence-electron chi connectivity index (χ3n) is 2.65. The Morgan fingerprint density at radius 2 is 2.33 bits per heavy atom. The molecule has 0 unspecified atom stereocenters. The van der Waals surface area contributed by atoms with E-state index in [-0.39, 0.29) is 12.5 Å². The maximum Gasteiger partial charge on any atom is 0.257 e. The molecule has 0 radical (unpaired) electrons. The molecule has 0 aliphatic rings. The number of pyridine rings is 1. The second-order valence-corrected chi connectivity index (χ2v) is 3.93. The Balaban J connectivity index is 2.86. The van der Waals surface area contributed by atoms with E-state index in [4.69, 9.17) is 10.9 Å². The minimum atomic E-state index is -0.168. The highest BCUT2D eigenvalue weighted by Gasteiger charge is 2.18. The standard InChI is InChI=1S/C12H20N4O2/c1-2-3-6-16(7-8-17)12(18)10-9-14-5-4-11(10)15-13/h4-5,9,17H,2-3,6-8,13H2,1H3,(H,14,15). The molecule has 0 aliphatic carbocycles. The van der Waals surface area contributed by atoms with E-state index in [0.717, 1.165) is 12.8 Å². The number of carbonyl (C=O) groups excluding carboxylic acids is 1. The molecule has 0 saturated carbocycles. The molecule has 0 atom stereocenters. The average molecular weight is 252 g/mol. The number of nitrogens with one attached hydrogen (secondary N) is 1. The van der Waals surface area contributed by atoms with Gasteiger partial charge in [0, 0.05) is 25.5 Å². The Morgan fingerprint density at radius 1 is 1.56 bits per heavy atom. The quantitative estimate of drug-likeness (QED) is 0.488. The number of aliphatic hydroxyl groups is 1. The molecule has 0 aliphatic heterocycles. The van der Waals surface area contributed by atoms with Gasteiger partial charge < -0.3 is 15.4 Å². The summed E-state index contributed by atoms with van der Waals surface area (Å²) in [7, 11) is 0. The Bertz CT molecular complexity index is 384. The van der Waals surface area contributed by atoms with Crippen LogP contribution in [0, 0.1) is 0 Å². The first-order valence-electron chi connectivity index (χ1n) is 6.05. The maximum absolute atomic E-state index is 12.3. The van der Waals surface area contributed by atoms with Gasteiger partial charge in [-0.3, -0.25) is 15.6 Å². The number of aromatic nitrogens is 1. The monoisotopic (exact) mass is 252 g/mol. The summed E-state index contributed by atoms with van der Waals surface area (Å²) in [5, 5.41) is 9.01. The number of amides is 1. The molecule has 1 aromatic heterocycles. The SMILES string of the molecule is CCCCN(CCO)C(=O)c1cnccc1NN. The fraction of sp³-hybridized carbons (Fsp3) is 0.500. The number of anilines is 1. The van der Waals surface area contributed by atoms with Crippen LogP contribution in [-0.4, -0.2) is 40.6 Å². The van der Waals surface area contributed by atoms with Gasteiger partial charge in [0.1, 0.15) is 0 Å². The summed E-state index contributed by atoms with van der Waals surface area (Å²) in [6.45, 7) is 2.94. The number of nitrogens with zero attached hydrogens (tertiary/aromatic N) is 2. The molecule has 0 bridgehead atoms. The number of rotatable bonds is 7. The zero-order valence-corrected chi connectivity index (χ0v) is 10.6. The zero-order chi connectivity index (χ0) is 13.4. The van der Waals surface area contributed by atoms with Crippen LogP contribution >= 0.6 is 0 Å². The van der Waals surface area contributed by atoms with E-state index >= 15 is 0 Å². The van der Waals surface area contributed by atoms with Gasteiger partial charge in [-0.2, -0.15) is 0 Å². The minimum absolute atomic E-state index is 0.0545. The number of hydrogen-bond donors (Lipinski definition) is 3. The molecule has 0 fully saturated rings. The highest BCUT2D eigenvalue weighted by atomic mass is 16.3. The lowest BCUT2D eigenvalue weighted by Gasteiger charge is -2.22. The van der Waals surface area contributed by atoms with Gasteiger partial charge >= 0.3 is 0 Å². The average Bonchev–Trinajstić information content (AvgIpc) is 2.42. The lowest BCUT2D eigenvalue weighted by atomic mass is 10.2. The lowest BCUT2D eigenvalue weighted by molar-refractivity contribution is 0.0720. The summed E-state index contributed by atoms with van der Waals surface area (Å²) < 4.78 is 0. The number of nitrogen functional groups attached to an aromatic ring is 1. The van der Waals surface area contributed by atoms with Crippen molar-refractivity contribution in [2.75, 3.05) is 25.1 Å². The van der Waals surface area contributed by atoms with Gasteiger partial charge in [-0.25, -0.2) is 0 Å². The Labute approximate surface area is 107 Å². The third kappa shape index (κ3) is 3.68. The fourth-order valence-corrected chi connectivity index (χ4v) is 1.65. The van der Waals surface area contributed by atoms with E-state index in [9.17, 15) is 4.79 Å². The number of nitrogens with two attached hydrogens (primary N) is 1. The van der Waals surface area contributed by atoms with Crippen molar-refractivity contribution in [3.8, 4) is 0 Å². The summed E-state index contributed by atoms with van der Waals surface area (Å²) in [6, 6.07) is 1.64. The molecule has 6 nitrogen and oxygen atoms in total. The molecule has 100 valence electrons. The van der Waals surface area contributed by atoms with Crippen molar-refractivity contribution in [2.24, 2.45) is 5.84 Å². The smallest absolute Gasteiger partial charge is 0.257 e. The van der Waals surface area contributed by atoms with E-state index in [0.29, 0.717) is 24.3 Å². The Hall–Kier alpha value is -1.66. The zero-order valence-electron chi connectivity index (χ0n) is 10.6. The van der Waals surface area contributed by atoms with E-state index in [1.54, 1.807) is 17.2 Å². The van der Waals surface area contributed by atoms with Crippen LogP contribution < -0.4 is 11.3 Å². The van der Waals surface area contributed by atoms with Crippen molar-refractivity contribution in [3.05, 3.63) is 24.0 Å². The van der Waals surface area contributed by atoms with Crippen molar-refractivity contribution in [1.29, 1.82) is 0 Å². The Morgan fingerprint density at radius 3 is 2.94 bits per heavy atom. The predicted molar refractivity (Wildman–Crippen MR) is 69.9 cm³/mol. The number of hydrazine groups is 1. The van der Waals surface area contributed by atoms with Gasteiger partial charge in [0.15, 0.2) is 0 Å². The van der Waals surface area contributed by atoms with Crippen molar-refractivity contribution < 1.29 is 9.90 Å². The van der Waals surface area contributed by atoms with E-state index in [1.807, 2.05) is 0 Å². The van der Waals surface area contributed by atoms with Gasteiger partial charge in [0.25, 0.3) is 5.91 Å². The maximum atomic E-state index is 12.3. The van der Waals surface area contributed by atoms with Crippen molar-refractivity contribution in [2.45, 2.75) is 19.8 Å². The molecule has 1 rings (SSSR count). The molecular weight excluding hydrogens is 232 g/mol. The minimum Gasteiger partial charge on any atom is -0.395 e. The molecule has 0 spiro atoms. The number of hydrogen-bond acceptors (Lipinski definition) is 5. The largest absolute Gasteiger partial charge is 0.395 e. The highest BCUT2D eigenvalue weighted by Crippen LogP contribution is 2.15. The van der Waals surface area contributed by atoms with E-state index in [1.165, 1.54) is 6.20 Å². The normalized spacial score (nSPS) is 10.2. The molecular formula is C12H20N4O2. The predicted octanol–water partition coefficient (Wildman–Crippen LogP) is 0.602. The van der Waals surface area contributed by atoms with Crippen molar-refractivity contribution >= 4 is 11.6 Å². The van der Waals surface area contributed by atoms with Crippen LogP contribution in [0.1, 0.15) is 30.1 Å². The summed E-state index contributed by atoms with van der Waals surface area (Å²) in [6.07, 6.45) is 4.93. The molecule has 1 heterocycles. The van der Waals surface area contributed by atoms with Crippen molar-refractivity contribution in [3.63, 3.8) is 0 Å². The van der Waals surface area contributed by atoms with E-state index in [2.05, 4.69) is 17.3 Å². The summed E-state index contributed by atoms with van der Waals surface area (Å²) >= 11 is 0. The molecule has 0 aromatic carbocycles. The van der Waals surface area contributed by atoms with Crippen LogP contribution in [0.15, 0.2) is 18.5 Å². The summed E-state index contributed by atoms with van der Waals surface area (Å²) in [4.78, 5) is 17.8. The molecule has 0 saturated heterocycles. The van der Waals surface area contributed by atoms with Crippen LogP contribution in [-0.2, 0) is 0 Å². The first kappa shape index (κ1) is 14.4. The van der Waals surface area contributed by atoms with Crippen LogP contribution in [0.3, 0.4) is 0 Å². The third-order valence-corrected chi connectivity index (χ3v) is 2.65. The second kappa shape index (κ2) is 7.62. The first-order valence-corrected chi connectivity index (χ1v) is 6.05. The molecule has 18 heavy (non-hydrogen) atoms. The second-order valence-electron chi connectivity index (χ2n) is 3.93. The van der Waals surface area contributed by atoms with Crippen LogP contribution in [0.2, 0.25) is 0 Å². The van der Waals surface area contributed by atoms with Gasteiger partial charge in [-0.1, -0.05) is 13.3 Å². The first-order chi connectivity index (χ1) is 8.74. The number of aliphatic hydroxyl groups excluding tert-OH is 1. The van der Waals surface area contributed by atoms with Gasteiger partial charge in [0.2, 0.25) is 0 Å². The lowest BCUT2D eigenvalue weighted by Crippen LogP contribution is -2.35. The summed E-state index contributed by atoms with van der Waals surface area (Å²) in [5.41, 5.74) is 3.44. The molecule has 1 aromatic rings. The molecule has 4 N–H and O–H groups in total. The van der Waals surface area contributed by atoms with Crippen LogP contribution in [0.4, 0.5) is 5.69 Å². The topological polar surface area (TPSA) is 91.5 Å². The number of unbranched alkanes of at least 4 members (excludes halogenated alkanes) is 1. The van der Waals surface area contributed by atoms with Crippen molar-refractivity contribution in [1.82, 2.24) is 9.88 Å². The van der Waals surface area contributed by atoms with E-state index < -0.39 is 0 Å². The van der Waals surface area contributed by atoms with Gasteiger partial charge in [0.05, 0.1) is 17.9 Å². The van der Waals surface area contributed by atoms with Gasteiger partial charge in [-0.15, -0.1) is 0 Å². The Kier molecular flexibility index (Phi) is 6.10. The fourth-order valence-electron chi connectivity index (χ4n) is 1.65. The van der Waals surface area contributed by atoms with Crippen LogP contribution in [0.25, 0.3) is 0 Å². The number of carbonyl (C=O) groups is 1. The van der Waals surface area contributed by atoms with Gasteiger partial charge in [-0.05, 0) is 12.5 Å². The summed E-state index contributed by atoms with van der Waals surface area (Å²) in [5.74, 6) is 5.20. The highest BCUT2D eigenvalue weighted by molar-refractivity contribution is 5.99. The molecule has 6 heteroatoms.